The van der Waals surface area contributed by atoms with Crippen molar-refractivity contribution < 1.29 is 22.5 Å². The third-order valence-corrected chi connectivity index (χ3v) is 5.52. The van der Waals surface area contributed by atoms with Gasteiger partial charge in [-0.15, -0.1) is 4.72 Å². The molecule has 0 aliphatic carbocycles. The van der Waals surface area contributed by atoms with E-state index in [1.165, 1.54) is 0 Å². The molecule has 7 heteroatoms. The van der Waals surface area contributed by atoms with Crippen molar-refractivity contribution in [3.63, 3.8) is 0 Å². The van der Waals surface area contributed by atoms with Crippen molar-refractivity contribution in [3.8, 4) is 5.75 Å². The van der Waals surface area contributed by atoms with Crippen molar-refractivity contribution in [2.45, 2.75) is 51.3 Å². The maximum Gasteiger partial charge on any atom is 0.416 e. The summed E-state index contributed by atoms with van der Waals surface area (Å²) in [6.07, 6.45) is -4.50. The van der Waals surface area contributed by atoms with Crippen molar-refractivity contribution in [2.75, 3.05) is 0 Å². The van der Waals surface area contributed by atoms with Crippen molar-refractivity contribution in [1.82, 2.24) is 4.72 Å². The average molecular weight is 399 g/mol. The number of nitrogens with one attached hydrogen (secondary N) is 1. The van der Waals surface area contributed by atoms with Crippen LogP contribution in [0.1, 0.15) is 50.4 Å². The van der Waals surface area contributed by atoms with Crippen LogP contribution in [0.3, 0.4) is 0 Å². The summed E-state index contributed by atoms with van der Waals surface area (Å²) in [5, 5.41) is 0. The number of hydrogen-bond donors (Lipinski definition) is 1. The highest BCUT2D eigenvalue weighted by molar-refractivity contribution is 7.90. The Kier molecular flexibility index (Phi) is 6.83. The van der Waals surface area contributed by atoms with Gasteiger partial charge in [0.2, 0.25) is 0 Å². The van der Waals surface area contributed by atoms with Gasteiger partial charge in [-0.3, -0.25) is 0 Å². The van der Waals surface area contributed by atoms with Gasteiger partial charge in [-0.2, -0.15) is 13.2 Å². The van der Waals surface area contributed by atoms with E-state index in [2.05, 4.69) is 4.72 Å². The molecule has 0 unspecified atom stereocenters. The first-order valence-electron chi connectivity index (χ1n) is 8.54. The largest absolute Gasteiger partial charge is 0.598 e. The number of halogens is 3. The van der Waals surface area contributed by atoms with E-state index >= 15 is 0 Å². The van der Waals surface area contributed by atoms with Gasteiger partial charge in [-0.25, -0.2) is 0 Å². The molecule has 2 aromatic carbocycles. The van der Waals surface area contributed by atoms with E-state index in [1.807, 2.05) is 30.3 Å². The number of rotatable bonds is 6. The normalized spacial score (nSPS) is 14.7. The fourth-order valence-electron chi connectivity index (χ4n) is 2.27. The minimum absolute atomic E-state index is 0.124. The molecule has 0 amide bonds. The van der Waals surface area contributed by atoms with Gasteiger partial charge < -0.3 is 9.29 Å². The van der Waals surface area contributed by atoms with Gasteiger partial charge in [0, 0.05) is 11.4 Å². The number of alkyl halides is 3. The lowest BCUT2D eigenvalue weighted by atomic mass is 10.0. The molecule has 0 radical (unpaired) electrons. The molecular weight excluding hydrogens is 375 g/mol. The molecule has 3 nitrogen and oxygen atoms in total. The fraction of sp³-hybridized carbons (Fsp3) is 0.400. The summed E-state index contributed by atoms with van der Waals surface area (Å²) in [5.74, 6) is 0.124. The maximum absolute atomic E-state index is 13.3. The summed E-state index contributed by atoms with van der Waals surface area (Å²) in [4.78, 5) is 0. The number of benzene rings is 2. The van der Waals surface area contributed by atoms with Gasteiger partial charge in [0.25, 0.3) is 0 Å². The van der Waals surface area contributed by atoms with E-state index in [4.69, 9.17) is 4.74 Å². The first-order chi connectivity index (χ1) is 12.5. The second-order valence-electron chi connectivity index (χ2n) is 7.28. The molecule has 0 saturated heterocycles. The highest BCUT2D eigenvalue weighted by Crippen LogP contribution is 2.34. The summed E-state index contributed by atoms with van der Waals surface area (Å²) in [5.41, 5.74) is 0.431. The van der Waals surface area contributed by atoms with E-state index < -0.39 is 33.9 Å². The van der Waals surface area contributed by atoms with E-state index in [0.29, 0.717) is 5.56 Å². The van der Waals surface area contributed by atoms with Gasteiger partial charge in [-0.05, 0) is 57.0 Å². The predicted molar refractivity (Wildman–Crippen MR) is 102 cm³/mol. The molecule has 0 fully saturated rings. The molecule has 2 atom stereocenters. The topological polar surface area (TPSA) is 44.3 Å². The van der Waals surface area contributed by atoms with E-state index in [1.54, 1.807) is 33.8 Å². The zero-order valence-electron chi connectivity index (χ0n) is 15.8. The van der Waals surface area contributed by atoms with Gasteiger partial charge in [-0.1, -0.05) is 30.3 Å². The molecule has 0 aliphatic heterocycles. The summed E-state index contributed by atoms with van der Waals surface area (Å²) in [6.45, 7) is 7.23. The van der Waals surface area contributed by atoms with Crippen LogP contribution in [0, 0.1) is 0 Å². The summed E-state index contributed by atoms with van der Waals surface area (Å²) >= 11 is -1.41. The van der Waals surface area contributed by atoms with Crippen LogP contribution in [0.5, 0.6) is 5.75 Å². The number of ether oxygens (including phenoxy) is 1. The smallest absolute Gasteiger partial charge is 0.416 e. The van der Waals surface area contributed by atoms with Gasteiger partial charge in [0.05, 0.1) is 11.6 Å². The molecule has 148 valence electrons. The Morgan fingerprint density at radius 3 is 2.26 bits per heavy atom. The Labute approximate surface area is 161 Å². The van der Waals surface area contributed by atoms with Crippen molar-refractivity contribution >= 4 is 11.4 Å². The van der Waals surface area contributed by atoms with E-state index in [-0.39, 0.29) is 12.4 Å². The van der Waals surface area contributed by atoms with Gasteiger partial charge in [0.1, 0.15) is 17.1 Å². The van der Waals surface area contributed by atoms with Crippen molar-refractivity contribution in [1.29, 1.82) is 0 Å². The molecule has 0 heterocycles. The molecule has 0 saturated carbocycles. The minimum Gasteiger partial charge on any atom is -0.598 e. The van der Waals surface area contributed by atoms with Crippen LogP contribution in [0.25, 0.3) is 0 Å². The minimum atomic E-state index is -4.50. The standard InChI is InChI=1S/C20H24F3NO2S/c1-14(24-27(25)19(2,3)4)16-10-17(20(21,22)23)12-18(11-16)26-13-15-8-6-5-7-9-15/h5-12,14,24H,13H2,1-4H3/t14-,27-/m1/s1. The zero-order valence-corrected chi connectivity index (χ0v) is 16.6. The van der Waals surface area contributed by atoms with Crippen LogP contribution < -0.4 is 9.46 Å². The van der Waals surface area contributed by atoms with Crippen LogP contribution in [-0.2, 0) is 24.1 Å². The molecule has 0 spiro atoms. The van der Waals surface area contributed by atoms with E-state index in [9.17, 15) is 17.7 Å². The lowest BCUT2D eigenvalue weighted by Gasteiger charge is -2.27. The molecule has 0 bridgehead atoms. The zero-order chi connectivity index (χ0) is 20.2. The van der Waals surface area contributed by atoms with Crippen LogP contribution in [0.4, 0.5) is 13.2 Å². The molecular formula is C20H24F3NO2S. The van der Waals surface area contributed by atoms with Crippen LogP contribution in [-0.4, -0.2) is 9.30 Å². The van der Waals surface area contributed by atoms with Crippen LogP contribution in [0.2, 0.25) is 0 Å². The Bertz CT molecular complexity index is 745. The molecule has 2 aromatic rings. The Balaban J connectivity index is 2.25. The van der Waals surface area contributed by atoms with Crippen molar-refractivity contribution in [2.24, 2.45) is 0 Å². The van der Waals surface area contributed by atoms with Crippen molar-refractivity contribution in [3.05, 3.63) is 65.2 Å². The molecule has 0 aromatic heterocycles. The first kappa shape index (κ1) is 21.6. The highest BCUT2D eigenvalue weighted by Gasteiger charge is 2.33. The summed E-state index contributed by atoms with van der Waals surface area (Å²) in [6, 6.07) is 12.3. The number of hydrogen-bond acceptors (Lipinski definition) is 3. The predicted octanol–water partition coefficient (Wildman–Crippen LogP) is 5.40. The molecule has 0 aliphatic rings. The quantitative estimate of drug-likeness (QED) is 0.662. The Hall–Kier alpha value is -1.70. The monoisotopic (exact) mass is 399 g/mol. The maximum atomic E-state index is 13.3. The Morgan fingerprint density at radius 2 is 1.70 bits per heavy atom. The second kappa shape index (κ2) is 8.54. The van der Waals surface area contributed by atoms with Gasteiger partial charge in [0.15, 0.2) is 0 Å². The fourth-order valence-corrected chi connectivity index (χ4v) is 3.08. The average Bonchev–Trinajstić information content (AvgIpc) is 2.59. The first-order valence-corrected chi connectivity index (χ1v) is 9.69. The summed E-state index contributed by atoms with van der Waals surface area (Å²) in [7, 11) is 0. The van der Waals surface area contributed by atoms with E-state index in [0.717, 1.165) is 17.7 Å². The SMILES string of the molecule is C[C@@H](N[S@+]([O-])C(C)(C)C)c1cc(OCc2ccccc2)cc(C(F)(F)F)c1. The van der Waals surface area contributed by atoms with Gasteiger partial charge >= 0.3 is 6.18 Å². The highest BCUT2D eigenvalue weighted by atomic mass is 32.2. The Morgan fingerprint density at radius 1 is 1.07 bits per heavy atom. The second-order valence-corrected chi connectivity index (χ2v) is 9.28. The van der Waals surface area contributed by atoms with Crippen LogP contribution >= 0.6 is 0 Å². The van der Waals surface area contributed by atoms with Crippen LogP contribution in [0.15, 0.2) is 48.5 Å². The lowest BCUT2D eigenvalue weighted by Crippen LogP contribution is -2.40. The lowest BCUT2D eigenvalue weighted by molar-refractivity contribution is -0.137. The molecule has 1 N–H and O–H groups in total. The third-order valence-electron chi connectivity index (χ3n) is 3.84. The summed E-state index contributed by atoms with van der Waals surface area (Å²) < 4.78 is 60.1. The molecule has 27 heavy (non-hydrogen) atoms. The molecule has 2 rings (SSSR count). The third kappa shape index (κ3) is 6.45.